The van der Waals surface area contributed by atoms with Crippen molar-refractivity contribution in [3.63, 3.8) is 0 Å². The standard InChI is InChI=1S/C21H40O2/c1-5-9-13-20(14-10-6-2)17-21(15-11-7-3,16-12-8-4)18(20)19(22)23/h18H,5-17H2,1-4H3,(H,22,23). The molecule has 136 valence electrons. The topological polar surface area (TPSA) is 37.3 Å². The number of carbonyl (C=O) groups is 1. The quantitative estimate of drug-likeness (QED) is 0.403. The fourth-order valence-corrected chi connectivity index (χ4v) is 5.24. The molecule has 0 unspecified atom stereocenters. The molecule has 1 saturated carbocycles. The normalized spacial score (nSPS) is 19.5. The van der Waals surface area contributed by atoms with Crippen molar-refractivity contribution in [2.45, 2.75) is 111 Å². The van der Waals surface area contributed by atoms with Gasteiger partial charge >= 0.3 is 5.97 Å². The molecule has 0 aromatic carbocycles. The Kier molecular flexibility index (Phi) is 8.64. The van der Waals surface area contributed by atoms with Crippen LogP contribution < -0.4 is 0 Å². The van der Waals surface area contributed by atoms with Crippen LogP contribution in [0, 0.1) is 16.7 Å². The van der Waals surface area contributed by atoms with Crippen molar-refractivity contribution < 1.29 is 9.90 Å². The minimum Gasteiger partial charge on any atom is -0.481 e. The van der Waals surface area contributed by atoms with Gasteiger partial charge in [-0.1, -0.05) is 79.1 Å². The van der Waals surface area contributed by atoms with Gasteiger partial charge in [-0.05, 0) is 42.9 Å². The van der Waals surface area contributed by atoms with E-state index in [1.54, 1.807) is 0 Å². The molecule has 1 rings (SSSR count). The molecule has 0 amide bonds. The van der Waals surface area contributed by atoms with Gasteiger partial charge in [0.25, 0.3) is 0 Å². The highest BCUT2D eigenvalue weighted by Crippen LogP contribution is 2.67. The largest absolute Gasteiger partial charge is 0.481 e. The predicted octanol–water partition coefficient (Wildman–Crippen LogP) is 6.82. The van der Waals surface area contributed by atoms with Gasteiger partial charge in [-0.15, -0.1) is 0 Å². The summed E-state index contributed by atoms with van der Waals surface area (Å²) in [7, 11) is 0. The lowest BCUT2D eigenvalue weighted by Gasteiger charge is -2.62. The number of aliphatic carboxylic acids is 1. The Hall–Kier alpha value is -0.530. The zero-order valence-corrected chi connectivity index (χ0v) is 16.1. The van der Waals surface area contributed by atoms with Gasteiger partial charge in [0, 0.05) is 0 Å². The van der Waals surface area contributed by atoms with Crippen LogP contribution in [-0.2, 0) is 4.79 Å². The van der Waals surface area contributed by atoms with Crippen molar-refractivity contribution in [1.82, 2.24) is 0 Å². The van der Waals surface area contributed by atoms with Crippen LogP contribution in [0.15, 0.2) is 0 Å². The smallest absolute Gasteiger partial charge is 0.307 e. The molecule has 1 aliphatic carbocycles. The molecule has 0 spiro atoms. The third kappa shape index (κ3) is 4.73. The van der Waals surface area contributed by atoms with Crippen LogP contribution in [0.1, 0.15) is 111 Å². The zero-order chi connectivity index (χ0) is 17.3. The number of rotatable bonds is 13. The van der Waals surface area contributed by atoms with Crippen LogP contribution in [-0.4, -0.2) is 11.1 Å². The van der Waals surface area contributed by atoms with E-state index in [1.807, 2.05) is 0 Å². The molecule has 23 heavy (non-hydrogen) atoms. The van der Waals surface area contributed by atoms with Crippen LogP contribution in [0.3, 0.4) is 0 Å². The number of unbranched alkanes of at least 4 members (excludes halogenated alkanes) is 4. The zero-order valence-electron chi connectivity index (χ0n) is 16.1. The lowest BCUT2D eigenvalue weighted by Crippen LogP contribution is -2.59. The number of hydrogen-bond donors (Lipinski definition) is 1. The van der Waals surface area contributed by atoms with Crippen LogP contribution in [0.25, 0.3) is 0 Å². The monoisotopic (exact) mass is 324 g/mol. The first-order valence-corrected chi connectivity index (χ1v) is 10.2. The van der Waals surface area contributed by atoms with Gasteiger partial charge in [0.05, 0.1) is 5.92 Å². The molecule has 0 aromatic rings. The first kappa shape index (κ1) is 20.5. The van der Waals surface area contributed by atoms with Crippen molar-refractivity contribution >= 4 is 5.97 Å². The van der Waals surface area contributed by atoms with Crippen molar-refractivity contribution in [2.75, 3.05) is 0 Å². The molecule has 0 bridgehead atoms. The average Bonchev–Trinajstić information content (AvgIpc) is 2.51. The van der Waals surface area contributed by atoms with E-state index >= 15 is 0 Å². The molecule has 0 atom stereocenters. The van der Waals surface area contributed by atoms with Crippen LogP contribution in [0.2, 0.25) is 0 Å². The van der Waals surface area contributed by atoms with E-state index < -0.39 is 5.97 Å². The molecule has 1 aliphatic rings. The second-order valence-corrected chi connectivity index (χ2v) is 8.09. The summed E-state index contributed by atoms with van der Waals surface area (Å²) in [5, 5.41) is 10.1. The molecular weight excluding hydrogens is 284 g/mol. The summed E-state index contributed by atoms with van der Waals surface area (Å²) in [5.41, 5.74) is 0.193. The molecule has 1 fully saturated rings. The molecule has 0 saturated heterocycles. The molecule has 1 N–H and O–H groups in total. The van der Waals surface area contributed by atoms with Gasteiger partial charge in [-0.2, -0.15) is 0 Å². The average molecular weight is 325 g/mol. The van der Waals surface area contributed by atoms with E-state index in [0.29, 0.717) is 0 Å². The third-order valence-electron chi connectivity index (χ3n) is 6.29. The van der Waals surface area contributed by atoms with Gasteiger partial charge in [-0.25, -0.2) is 0 Å². The van der Waals surface area contributed by atoms with E-state index in [2.05, 4.69) is 27.7 Å². The predicted molar refractivity (Wildman–Crippen MR) is 98.7 cm³/mol. The van der Waals surface area contributed by atoms with Crippen molar-refractivity contribution in [2.24, 2.45) is 16.7 Å². The Balaban J connectivity index is 3.00. The number of carboxylic acid groups (broad SMARTS) is 1. The first-order valence-electron chi connectivity index (χ1n) is 10.2. The second kappa shape index (κ2) is 9.69. The Morgan fingerprint density at radius 3 is 1.30 bits per heavy atom. The van der Waals surface area contributed by atoms with Gasteiger partial charge in [0.2, 0.25) is 0 Å². The molecule has 0 aromatic heterocycles. The molecule has 2 heteroatoms. The minimum atomic E-state index is -0.504. The fraction of sp³-hybridized carbons (Fsp3) is 0.952. The second-order valence-electron chi connectivity index (χ2n) is 8.09. The lowest BCUT2D eigenvalue weighted by atomic mass is 9.40. The van der Waals surface area contributed by atoms with Crippen LogP contribution in [0.4, 0.5) is 0 Å². The summed E-state index contributed by atoms with van der Waals surface area (Å²) in [4.78, 5) is 12.3. The Morgan fingerprint density at radius 2 is 1.09 bits per heavy atom. The molecule has 0 radical (unpaired) electrons. The minimum absolute atomic E-state index is 0.0915. The Bertz CT molecular complexity index is 306. The lowest BCUT2D eigenvalue weighted by molar-refractivity contribution is -0.191. The van der Waals surface area contributed by atoms with E-state index in [9.17, 15) is 9.90 Å². The van der Waals surface area contributed by atoms with E-state index in [4.69, 9.17) is 0 Å². The maximum absolute atomic E-state index is 12.3. The van der Waals surface area contributed by atoms with Gasteiger partial charge < -0.3 is 5.11 Å². The van der Waals surface area contributed by atoms with Crippen LogP contribution in [0.5, 0.6) is 0 Å². The van der Waals surface area contributed by atoms with Crippen molar-refractivity contribution in [1.29, 1.82) is 0 Å². The molecule has 0 heterocycles. The summed E-state index contributed by atoms with van der Waals surface area (Å²) in [6, 6.07) is 0. The summed E-state index contributed by atoms with van der Waals surface area (Å²) < 4.78 is 0. The third-order valence-corrected chi connectivity index (χ3v) is 6.29. The number of carboxylic acids is 1. The van der Waals surface area contributed by atoms with Crippen molar-refractivity contribution in [3.8, 4) is 0 Å². The van der Waals surface area contributed by atoms with Gasteiger partial charge in [0.1, 0.15) is 0 Å². The highest BCUT2D eigenvalue weighted by atomic mass is 16.4. The Morgan fingerprint density at radius 1 is 0.783 bits per heavy atom. The SMILES string of the molecule is CCCCC1(CCCC)CC(CCCC)(CCCC)C1C(=O)O. The van der Waals surface area contributed by atoms with Gasteiger partial charge in [-0.3, -0.25) is 4.79 Å². The molecule has 2 nitrogen and oxygen atoms in total. The Labute approximate surface area is 144 Å². The number of hydrogen-bond acceptors (Lipinski definition) is 1. The van der Waals surface area contributed by atoms with Gasteiger partial charge in [0.15, 0.2) is 0 Å². The van der Waals surface area contributed by atoms with Crippen LogP contribution >= 0.6 is 0 Å². The summed E-state index contributed by atoms with van der Waals surface area (Å²) in [6.45, 7) is 8.90. The summed E-state index contributed by atoms with van der Waals surface area (Å²) in [6.07, 6.45) is 15.1. The maximum Gasteiger partial charge on any atom is 0.307 e. The first-order chi connectivity index (χ1) is 11.0. The maximum atomic E-state index is 12.3. The summed E-state index contributed by atoms with van der Waals surface area (Å²) >= 11 is 0. The fourth-order valence-electron chi connectivity index (χ4n) is 5.24. The van der Waals surface area contributed by atoms with Crippen molar-refractivity contribution in [3.05, 3.63) is 0 Å². The molecule has 0 aliphatic heterocycles. The molecular formula is C21H40O2. The highest BCUT2D eigenvalue weighted by molar-refractivity contribution is 5.74. The van der Waals surface area contributed by atoms with E-state index in [-0.39, 0.29) is 16.7 Å². The van der Waals surface area contributed by atoms with E-state index in [0.717, 1.165) is 25.7 Å². The van der Waals surface area contributed by atoms with E-state index in [1.165, 1.54) is 57.8 Å². The summed E-state index contributed by atoms with van der Waals surface area (Å²) in [5.74, 6) is -0.595. The highest BCUT2D eigenvalue weighted by Gasteiger charge is 2.64.